The Morgan fingerprint density at radius 3 is 2.76 bits per heavy atom. The number of rotatable bonds is 5. The van der Waals surface area contributed by atoms with Crippen LogP contribution < -0.4 is 15.8 Å². The zero-order valence-corrected chi connectivity index (χ0v) is 16.6. The first kappa shape index (κ1) is 21.3. The topological polar surface area (TPSA) is 97.6 Å². The second-order valence-corrected chi connectivity index (χ2v) is 8.15. The van der Waals surface area contributed by atoms with Gasteiger partial charge in [-0.3, -0.25) is 9.59 Å². The van der Waals surface area contributed by atoms with Gasteiger partial charge in [-0.2, -0.15) is 0 Å². The monoisotopic (exact) mass is 430 g/mol. The summed E-state index contributed by atoms with van der Waals surface area (Å²) in [5.74, 6) is -1.23. The van der Waals surface area contributed by atoms with Gasteiger partial charge in [-0.1, -0.05) is 31.3 Å². The number of alkyl halides is 3. The summed E-state index contributed by atoms with van der Waals surface area (Å²) in [7, 11) is 0. The molecule has 2 heterocycles. The standard InChI is InChI=1S/C18H21F3N4O3S/c1-9(2)13(22)16(27)25-8-4-5-10(25)15(26)24-17-23-14-11(28-18(19,20)21)6-3-7-12(14)29-17/h3,6-7,9-10,13H,4-5,8,22H2,1-2H3,(H,23,24,26)/t10-,13+/m1/s1. The quantitative estimate of drug-likeness (QED) is 0.760. The van der Waals surface area contributed by atoms with Crippen LogP contribution in [0, 0.1) is 5.92 Å². The van der Waals surface area contributed by atoms with Crippen molar-refractivity contribution in [2.75, 3.05) is 11.9 Å². The molecule has 0 radical (unpaired) electrons. The van der Waals surface area contributed by atoms with Gasteiger partial charge in [0, 0.05) is 6.54 Å². The first-order valence-corrected chi connectivity index (χ1v) is 9.90. The molecule has 2 amide bonds. The maximum absolute atomic E-state index is 12.7. The molecule has 1 fully saturated rings. The Morgan fingerprint density at radius 2 is 2.10 bits per heavy atom. The number of benzene rings is 1. The molecule has 1 aromatic carbocycles. The Hall–Kier alpha value is -2.40. The number of para-hydroxylation sites is 1. The normalized spacial score (nSPS) is 18.3. The molecule has 0 spiro atoms. The molecule has 0 saturated carbocycles. The minimum atomic E-state index is -4.85. The lowest BCUT2D eigenvalue weighted by Crippen LogP contribution is -2.51. The number of nitrogens with one attached hydrogen (secondary N) is 1. The van der Waals surface area contributed by atoms with Gasteiger partial charge in [0.2, 0.25) is 11.8 Å². The minimum Gasteiger partial charge on any atom is -0.403 e. The van der Waals surface area contributed by atoms with Crippen molar-refractivity contribution in [3.63, 3.8) is 0 Å². The van der Waals surface area contributed by atoms with E-state index in [0.29, 0.717) is 24.1 Å². The van der Waals surface area contributed by atoms with E-state index in [-0.39, 0.29) is 22.5 Å². The molecule has 3 rings (SSSR count). The third kappa shape index (κ3) is 4.78. The fraction of sp³-hybridized carbons (Fsp3) is 0.500. The lowest BCUT2D eigenvalue weighted by molar-refractivity contribution is -0.274. The van der Waals surface area contributed by atoms with E-state index in [1.165, 1.54) is 11.0 Å². The van der Waals surface area contributed by atoms with Gasteiger partial charge in [-0.25, -0.2) is 4.98 Å². The number of amides is 2. The lowest BCUT2D eigenvalue weighted by atomic mass is 10.0. The Balaban J connectivity index is 1.77. The molecule has 0 aliphatic carbocycles. The van der Waals surface area contributed by atoms with Crippen LogP contribution in [0.1, 0.15) is 26.7 Å². The van der Waals surface area contributed by atoms with E-state index >= 15 is 0 Å². The number of carbonyl (C=O) groups excluding carboxylic acids is 2. The highest BCUT2D eigenvalue weighted by Crippen LogP contribution is 2.35. The Labute approximate surface area is 169 Å². The Kier molecular flexibility index (Phi) is 5.99. The number of aromatic nitrogens is 1. The molecule has 2 atom stereocenters. The molecule has 0 bridgehead atoms. The van der Waals surface area contributed by atoms with Gasteiger partial charge in [0.15, 0.2) is 10.9 Å². The van der Waals surface area contributed by atoms with Crippen LogP contribution in [0.15, 0.2) is 18.2 Å². The Bertz CT molecular complexity index is 915. The van der Waals surface area contributed by atoms with Crippen molar-refractivity contribution < 1.29 is 27.5 Å². The van der Waals surface area contributed by atoms with Crippen LogP contribution >= 0.6 is 11.3 Å². The van der Waals surface area contributed by atoms with Crippen LogP contribution in [0.25, 0.3) is 10.2 Å². The van der Waals surface area contributed by atoms with Crippen molar-refractivity contribution in [2.24, 2.45) is 11.7 Å². The molecule has 0 unspecified atom stereocenters. The number of halogens is 3. The highest BCUT2D eigenvalue weighted by atomic mass is 32.1. The summed E-state index contributed by atoms with van der Waals surface area (Å²) in [6, 6.07) is 2.76. The summed E-state index contributed by atoms with van der Waals surface area (Å²) >= 11 is 1.03. The largest absolute Gasteiger partial charge is 0.573 e. The smallest absolute Gasteiger partial charge is 0.403 e. The average molecular weight is 430 g/mol. The summed E-state index contributed by atoms with van der Waals surface area (Å²) in [6.45, 7) is 4.09. The minimum absolute atomic E-state index is 0.00584. The van der Waals surface area contributed by atoms with Gasteiger partial charge >= 0.3 is 6.36 Å². The Morgan fingerprint density at radius 1 is 1.38 bits per heavy atom. The number of hydrogen-bond donors (Lipinski definition) is 2. The zero-order chi connectivity index (χ0) is 21.3. The van der Waals surface area contributed by atoms with Crippen LogP contribution in [-0.4, -0.2) is 46.7 Å². The molecule has 1 saturated heterocycles. The summed E-state index contributed by atoms with van der Waals surface area (Å²) in [6.07, 6.45) is -3.70. The summed E-state index contributed by atoms with van der Waals surface area (Å²) in [5.41, 5.74) is 5.94. The molecule has 158 valence electrons. The molecular weight excluding hydrogens is 409 g/mol. The molecule has 1 aliphatic heterocycles. The van der Waals surface area contributed by atoms with E-state index in [9.17, 15) is 22.8 Å². The number of carbonyl (C=O) groups is 2. The van der Waals surface area contributed by atoms with Crippen molar-refractivity contribution in [1.29, 1.82) is 0 Å². The average Bonchev–Trinajstić information content (AvgIpc) is 3.26. The number of ether oxygens (including phenoxy) is 1. The van der Waals surface area contributed by atoms with Gasteiger partial charge < -0.3 is 20.7 Å². The van der Waals surface area contributed by atoms with E-state index < -0.39 is 30.1 Å². The molecule has 1 aromatic heterocycles. The third-order valence-electron chi connectivity index (χ3n) is 4.68. The number of anilines is 1. The van der Waals surface area contributed by atoms with Crippen LogP contribution in [-0.2, 0) is 9.59 Å². The van der Waals surface area contributed by atoms with Crippen LogP contribution in [0.2, 0.25) is 0 Å². The molecule has 7 nitrogen and oxygen atoms in total. The van der Waals surface area contributed by atoms with Crippen LogP contribution in [0.4, 0.5) is 18.3 Å². The van der Waals surface area contributed by atoms with E-state index in [4.69, 9.17) is 5.73 Å². The summed E-state index contributed by atoms with van der Waals surface area (Å²) in [5, 5.41) is 2.75. The third-order valence-corrected chi connectivity index (χ3v) is 5.62. The van der Waals surface area contributed by atoms with E-state index in [1.807, 2.05) is 13.8 Å². The molecule has 29 heavy (non-hydrogen) atoms. The van der Waals surface area contributed by atoms with Gasteiger partial charge in [0.1, 0.15) is 11.6 Å². The van der Waals surface area contributed by atoms with Gasteiger partial charge in [-0.15, -0.1) is 13.2 Å². The molecule has 3 N–H and O–H groups in total. The molecule has 2 aromatic rings. The first-order valence-electron chi connectivity index (χ1n) is 9.09. The van der Waals surface area contributed by atoms with Gasteiger partial charge in [0.05, 0.1) is 10.7 Å². The highest BCUT2D eigenvalue weighted by molar-refractivity contribution is 7.22. The summed E-state index contributed by atoms with van der Waals surface area (Å²) in [4.78, 5) is 30.8. The second-order valence-electron chi connectivity index (χ2n) is 7.12. The van der Waals surface area contributed by atoms with Gasteiger partial charge in [0.25, 0.3) is 0 Å². The zero-order valence-electron chi connectivity index (χ0n) is 15.8. The van der Waals surface area contributed by atoms with Crippen molar-refractivity contribution >= 4 is 38.5 Å². The van der Waals surface area contributed by atoms with Crippen molar-refractivity contribution in [2.45, 2.75) is 45.1 Å². The number of fused-ring (bicyclic) bond motifs is 1. The van der Waals surface area contributed by atoms with Crippen molar-refractivity contribution in [3.8, 4) is 5.75 Å². The van der Waals surface area contributed by atoms with E-state index in [1.54, 1.807) is 6.07 Å². The second kappa shape index (κ2) is 8.15. The predicted octanol–water partition coefficient (Wildman–Crippen LogP) is 3.11. The van der Waals surface area contributed by atoms with Crippen LogP contribution in [0.5, 0.6) is 5.75 Å². The maximum atomic E-state index is 12.7. The number of likely N-dealkylation sites (tertiary alicyclic amines) is 1. The van der Waals surface area contributed by atoms with E-state index in [0.717, 1.165) is 17.4 Å². The number of hydrogen-bond acceptors (Lipinski definition) is 6. The maximum Gasteiger partial charge on any atom is 0.573 e. The SMILES string of the molecule is CC(C)[C@H](N)C(=O)N1CCC[C@@H]1C(=O)Nc1nc2c(OC(F)(F)F)cccc2s1. The van der Waals surface area contributed by atoms with E-state index in [2.05, 4.69) is 15.0 Å². The molecule has 11 heteroatoms. The van der Waals surface area contributed by atoms with Crippen molar-refractivity contribution in [3.05, 3.63) is 18.2 Å². The molecular formula is C18H21F3N4O3S. The fourth-order valence-electron chi connectivity index (χ4n) is 3.15. The van der Waals surface area contributed by atoms with Crippen molar-refractivity contribution in [1.82, 2.24) is 9.88 Å². The highest BCUT2D eigenvalue weighted by Gasteiger charge is 2.37. The molecule has 1 aliphatic rings. The number of nitrogens with two attached hydrogens (primary N) is 1. The van der Waals surface area contributed by atoms with Gasteiger partial charge in [-0.05, 0) is 30.9 Å². The predicted molar refractivity (Wildman–Crippen MR) is 102 cm³/mol. The number of nitrogens with zero attached hydrogens (tertiary/aromatic N) is 2. The lowest BCUT2D eigenvalue weighted by Gasteiger charge is -2.27. The fourth-order valence-corrected chi connectivity index (χ4v) is 4.04. The first-order chi connectivity index (χ1) is 13.6. The summed E-state index contributed by atoms with van der Waals surface area (Å²) < 4.78 is 42.1. The van der Waals surface area contributed by atoms with Crippen LogP contribution in [0.3, 0.4) is 0 Å². The number of thiazole rings is 1.